The minimum atomic E-state index is -0.705. The second-order valence-corrected chi connectivity index (χ2v) is 5.71. The van der Waals surface area contributed by atoms with Crippen molar-refractivity contribution in [3.63, 3.8) is 0 Å². The zero-order valence-corrected chi connectivity index (χ0v) is 13.5. The molecule has 0 saturated carbocycles. The molecule has 0 aliphatic heterocycles. The number of aromatic nitrogens is 2. The average Bonchev–Trinajstić information content (AvgIpc) is 2.50. The van der Waals surface area contributed by atoms with E-state index >= 15 is 0 Å². The molecule has 0 aromatic carbocycles. The molecule has 0 aliphatic carbocycles. The zero-order chi connectivity index (χ0) is 16.3. The number of carbonyl (C=O) groups excluding carboxylic acids is 1. The van der Waals surface area contributed by atoms with Crippen molar-refractivity contribution in [2.75, 3.05) is 12.4 Å². The molecule has 2 rings (SSSR count). The number of rotatable bonds is 5. The Bertz CT molecular complexity index is 773. The Morgan fingerprint density at radius 1 is 1.41 bits per heavy atom. The number of hydrogen-bond acceptors (Lipinski definition) is 5. The molecule has 2 aromatic heterocycles. The predicted molar refractivity (Wildman–Crippen MR) is 84.0 cm³/mol. The van der Waals surface area contributed by atoms with Crippen molar-refractivity contribution >= 4 is 28.8 Å². The fraction of sp³-hybridized carbons (Fsp3) is 0.400. The van der Waals surface area contributed by atoms with E-state index in [4.69, 9.17) is 4.74 Å². The second kappa shape index (κ2) is 6.91. The van der Waals surface area contributed by atoms with Gasteiger partial charge in [-0.15, -0.1) is 11.8 Å². The maximum atomic E-state index is 14.1. The Labute approximate surface area is 131 Å². The van der Waals surface area contributed by atoms with Gasteiger partial charge in [0.05, 0.1) is 12.0 Å². The van der Waals surface area contributed by atoms with Crippen LogP contribution in [0.1, 0.15) is 31.1 Å². The molecule has 22 heavy (non-hydrogen) atoms. The van der Waals surface area contributed by atoms with Crippen LogP contribution in [0.4, 0.5) is 4.39 Å². The molecule has 0 aliphatic rings. The summed E-state index contributed by atoms with van der Waals surface area (Å²) in [6, 6.07) is 1.15. The molecular formula is C15H17FN2O3S. The standard InChI is InChI=1S/C15H17FN2O3S/c1-4-18-8-10(15(20)21-5-2)12(19)9-7-11(16)14(22-6-3)17-13(9)18/h7-8H,4-6H2,1-3H3. The molecule has 118 valence electrons. The number of halogens is 1. The highest BCUT2D eigenvalue weighted by molar-refractivity contribution is 7.99. The minimum absolute atomic E-state index is 0.0883. The third kappa shape index (κ3) is 2.99. The first-order chi connectivity index (χ1) is 10.5. The van der Waals surface area contributed by atoms with E-state index in [0.717, 1.165) is 6.07 Å². The smallest absolute Gasteiger partial charge is 0.343 e. The van der Waals surface area contributed by atoms with Crippen LogP contribution in [0.5, 0.6) is 0 Å². The molecule has 0 amide bonds. The number of fused-ring (bicyclic) bond motifs is 1. The first-order valence-electron chi connectivity index (χ1n) is 7.07. The largest absolute Gasteiger partial charge is 0.462 e. The Morgan fingerprint density at radius 3 is 2.73 bits per heavy atom. The van der Waals surface area contributed by atoms with Crippen LogP contribution in [-0.4, -0.2) is 27.9 Å². The molecule has 0 saturated heterocycles. The summed E-state index contributed by atoms with van der Waals surface area (Å²) < 4.78 is 20.6. The van der Waals surface area contributed by atoms with Crippen molar-refractivity contribution in [1.29, 1.82) is 0 Å². The van der Waals surface area contributed by atoms with Gasteiger partial charge >= 0.3 is 5.97 Å². The van der Waals surface area contributed by atoms with Crippen LogP contribution in [0, 0.1) is 5.82 Å². The van der Waals surface area contributed by atoms with Gasteiger partial charge < -0.3 is 9.30 Å². The third-order valence-electron chi connectivity index (χ3n) is 3.09. The van der Waals surface area contributed by atoms with Crippen LogP contribution < -0.4 is 5.43 Å². The second-order valence-electron chi connectivity index (χ2n) is 4.46. The summed E-state index contributed by atoms with van der Waals surface area (Å²) in [5.41, 5.74) is -0.288. The fourth-order valence-electron chi connectivity index (χ4n) is 2.10. The lowest BCUT2D eigenvalue weighted by molar-refractivity contribution is 0.0524. The maximum absolute atomic E-state index is 14.1. The Morgan fingerprint density at radius 2 is 2.14 bits per heavy atom. The summed E-state index contributed by atoms with van der Waals surface area (Å²) in [4.78, 5) is 28.5. The highest BCUT2D eigenvalue weighted by atomic mass is 32.2. The molecule has 0 bridgehead atoms. The highest BCUT2D eigenvalue weighted by Gasteiger charge is 2.19. The number of ether oxygens (including phenoxy) is 1. The predicted octanol–water partition coefficient (Wildman–Crippen LogP) is 2.84. The van der Waals surface area contributed by atoms with Gasteiger partial charge in [0.25, 0.3) is 0 Å². The quantitative estimate of drug-likeness (QED) is 0.625. The summed E-state index contributed by atoms with van der Waals surface area (Å²) in [6.07, 6.45) is 1.42. The number of aryl methyl sites for hydroxylation is 1. The molecule has 0 atom stereocenters. The molecule has 7 heteroatoms. The lowest BCUT2D eigenvalue weighted by Gasteiger charge is -2.12. The van der Waals surface area contributed by atoms with Gasteiger partial charge in [0, 0.05) is 12.7 Å². The molecule has 5 nitrogen and oxygen atoms in total. The number of esters is 1. The van der Waals surface area contributed by atoms with Crippen molar-refractivity contribution in [2.45, 2.75) is 32.3 Å². The fourth-order valence-corrected chi connectivity index (χ4v) is 2.72. The number of thioether (sulfide) groups is 1. The summed E-state index contributed by atoms with van der Waals surface area (Å²) >= 11 is 1.27. The Balaban J connectivity index is 2.75. The van der Waals surface area contributed by atoms with Crippen LogP contribution in [0.25, 0.3) is 11.0 Å². The Kier molecular flexibility index (Phi) is 5.18. The van der Waals surface area contributed by atoms with Crippen LogP contribution in [0.15, 0.2) is 22.1 Å². The van der Waals surface area contributed by atoms with Gasteiger partial charge in [0.2, 0.25) is 5.43 Å². The van der Waals surface area contributed by atoms with Crippen LogP contribution in [-0.2, 0) is 11.3 Å². The molecule has 2 heterocycles. The van der Waals surface area contributed by atoms with Gasteiger partial charge in [-0.1, -0.05) is 6.92 Å². The van der Waals surface area contributed by atoms with Crippen LogP contribution in [0.3, 0.4) is 0 Å². The van der Waals surface area contributed by atoms with Crippen molar-refractivity contribution in [1.82, 2.24) is 9.55 Å². The van der Waals surface area contributed by atoms with Gasteiger partial charge in [-0.2, -0.15) is 0 Å². The van der Waals surface area contributed by atoms with Gasteiger partial charge in [-0.25, -0.2) is 14.2 Å². The monoisotopic (exact) mass is 324 g/mol. The van der Waals surface area contributed by atoms with Crippen molar-refractivity contribution < 1.29 is 13.9 Å². The molecule has 2 aromatic rings. The topological polar surface area (TPSA) is 61.2 Å². The van der Waals surface area contributed by atoms with Crippen LogP contribution in [0.2, 0.25) is 0 Å². The van der Waals surface area contributed by atoms with Crippen molar-refractivity contribution in [2.24, 2.45) is 0 Å². The Hall–Kier alpha value is -1.89. The first-order valence-corrected chi connectivity index (χ1v) is 8.05. The summed E-state index contributed by atoms with van der Waals surface area (Å²) in [7, 11) is 0. The van der Waals surface area contributed by atoms with Crippen molar-refractivity contribution in [3.05, 3.63) is 33.9 Å². The van der Waals surface area contributed by atoms with E-state index < -0.39 is 17.2 Å². The first kappa shape index (κ1) is 16.5. The molecule has 0 N–H and O–H groups in total. The SMILES string of the molecule is CCOC(=O)c1cn(CC)c2nc(SCC)c(F)cc2c1=O. The number of carbonyl (C=O) groups is 1. The zero-order valence-electron chi connectivity index (χ0n) is 12.7. The normalized spacial score (nSPS) is 10.9. The third-order valence-corrected chi connectivity index (χ3v) is 3.94. The molecule has 0 radical (unpaired) electrons. The van der Waals surface area contributed by atoms with E-state index in [2.05, 4.69) is 4.98 Å². The lowest BCUT2D eigenvalue weighted by Crippen LogP contribution is -2.21. The van der Waals surface area contributed by atoms with E-state index in [0.29, 0.717) is 17.9 Å². The van der Waals surface area contributed by atoms with Gasteiger partial charge in [-0.3, -0.25) is 4.79 Å². The molecule has 0 fully saturated rings. The van der Waals surface area contributed by atoms with Gasteiger partial charge in [0.15, 0.2) is 5.82 Å². The maximum Gasteiger partial charge on any atom is 0.343 e. The summed E-state index contributed by atoms with van der Waals surface area (Å²) in [6.45, 7) is 6.08. The number of nitrogens with zero attached hydrogens (tertiary/aromatic N) is 2. The van der Waals surface area contributed by atoms with E-state index in [-0.39, 0.29) is 22.6 Å². The molecular weight excluding hydrogens is 307 g/mol. The van der Waals surface area contributed by atoms with E-state index in [9.17, 15) is 14.0 Å². The molecule has 0 unspecified atom stereocenters. The lowest BCUT2D eigenvalue weighted by atomic mass is 10.2. The average molecular weight is 324 g/mol. The molecule has 0 spiro atoms. The summed E-state index contributed by atoms with van der Waals surface area (Å²) in [5, 5.41) is 0.339. The van der Waals surface area contributed by atoms with Crippen LogP contribution >= 0.6 is 11.8 Å². The van der Waals surface area contributed by atoms with Gasteiger partial charge in [0.1, 0.15) is 16.2 Å². The number of pyridine rings is 2. The van der Waals surface area contributed by atoms with Crippen molar-refractivity contribution in [3.8, 4) is 0 Å². The van der Waals surface area contributed by atoms with E-state index in [1.54, 1.807) is 11.5 Å². The van der Waals surface area contributed by atoms with E-state index in [1.807, 2.05) is 13.8 Å². The summed E-state index contributed by atoms with van der Waals surface area (Å²) in [5.74, 6) is -0.587. The van der Waals surface area contributed by atoms with Gasteiger partial charge in [-0.05, 0) is 25.7 Å². The van der Waals surface area contributed by atoms with E-state index in [1.165, 1.54) is 18.0 Å². The highest BCUT2D eigenvalue weighted by Crippen LogP contribution is 2.22. The minimum Gasteiger partial charge on any atom is -0.462 e. The number of hydrogen-bond donors (Lipinski definition) is 0.